The molecule has 2 aromatic rings. The van der Waals surface area contributed by atoms with E-state index in [2.05, 4.69) is 25.3 Å². The van der Waals surface area contributed by atoms with E-state index in [0.29, 0.717) is 55.0 Å². The van der Waals surface area contributed by atoms with E-state index in [1.54, 1.807) is 6.20 Å². The Bertz CT molecular complexity index is 1260. The van der Waals surface area contributed by atoms with E-state index in [-0.39, 0.29) is 12.7 Å². The summed E-state index contributed by atoms with van der Waals surface area (Å²) in [5.41, 5.74) is 1.15. The predicted molar refractivity (Wildman–Crippen MR) is 147 cm³/mol. The van der Waals surface area contributed by atoms with E-state index in [9.17, 15) is 4.79 Å². The van der Waals surface area contributed by atoms with Gasteiger partial charge in [-0.1, -0.05) is 22.8 Å². The molecule has 1 aromatic heterocycles. The molecule has 10 nitrogen and oxygen atoms in total. The number of benzene rings is 1. The zero-order chi connectivity index (χ0) is 26.1. The number of ether oxygens (including phenoxy) is 2. The predicted octanol–water partition coefficient (Wildman–Crippen LogP) is 2.80. The molecule has 2 saturated heterocycles. The fourth-order valence-corrected chi connectivity index (χ4v) is 5.77. The Balaban J connectivity index is 0.961. The Hall–Kier alpha value is -3.31. The van der Waals surface area contributed by atoms with Crippen LogP contribution in [0.15, 0.2) is 41.7 Å². The summed E-state index contributed by atoms with van der Waals surface area (Å²) in [5, 5.41) is 8.91. The minimum atomic E-state index is -0.433. The standard InChI is InChI=1S/C26H29ClN6O4S/c27-19-2-1-7-28-23(19)31-10-12-32(13-11-31)24(34)20-15-26(37-30-20)5-8-33(9-6-26)25(38)29-16-18-3-4-21-22(14-18)36-17-35-21/h1-4,7,14H,5-6,8-13,15-17H2,(H,29,38). The molecule has 0 saturated carbocycles. The number of amides is 1. The zero-order valence-electron chi connectivity index (χ0n) is 20.9. The maximum absolute atomic E-state index is 13.2. The lowest BCUT2D eigenvalue weighted by molar-refractivity contribution is -0.124. The Morgan fingerprint density at radius 2 is 1.84 bits per heavy atom. The van der Waals surface area contributed by atoms with Crippen LogP contribution in [0, 0.1) is 0 Å². The van der Waals surface area contributed by atoms with Gasteiger partial charge in [0.2, 0.25) is 6.79 Å². The number of nitrogens with zero attached hydrogens (tertiary/aromatic N) is 5. The SMILES string of the molecule is O=C(C1=NOC2(CCN(C(=S)NCc3ccc4c(c3)OCO4)CC2)C1)N1CCN(c2ncccc2Cl)CC1. The summed E-state index contributed by atoms with van der Waals surface area (Å²) in [4.78, 5) is 29.6. The number of rotatable bonds is 4. The third-order valence-corrected chi connectivity index (χ3v) is 8.23. The summed E-state index contributed by atoms with van der Waals surface area (Å²) in [5.74, 6) is 2.25. The van der Waals surface area contributed by atoms with Crippen LogP contribution >= 0.6 is 23.8 Å². The fraction of sp³-hybridized carbons (Fsp3) is 0.462. The summed E-state index contributed by atoms with van der Waals surface area (Å²) >= 11 is 11.9. The first-order valence-electron chi connectivity index (χ1n) is 12.8. The highest BCUT2D eigenvalue weighted by atomic mass is 35.5. The number of carbonyl (C=O) groups excluding carboxylic acids is 1. The van der Waals surface area contributed by atoms with Crippen LogP contribution in [0.4, 0.5) is 5.82 Å². The number of thiocarbonyl (C=S) groups is 1. The van der Waals surface area contributed by atoms with Gasteiger partial charge in [0.1, 0.15) is 17.1 Å². The maximum atomic E-state index is 13.2. The monoisotopic (exact) mass is 556 g/mol. The Morgan fingerprint density at radius 3 is 2.63 bits per heavy atom. The second-order valence-electron chi connectivity index (χ2n) is 9.91. The molecule has 6 rings (SSSR count). The summed E-state index contributed by atoms with van der Waals surface area (Å²) in [6.45, 7) is 4.89. The van der Waals surface area contributed by atoms with Crippen LogP contribution in [0.3, 0.4) is 0 Å². The highest BCUT2D eigenvalue weighted by molar-refractivity contribution is 7.80. The van der Waals surface area contributed by atoms with E-state index in [4.69, 9.17) is 38.1 Å². The van der Waals surface area contributed by atoms with Crippen molar-refractivity contribution in [3.05, 3.63) is 47.1 Å². The van der Waals surface area contributed by atoms with Gasteiger partial charge >= 0.3 is 0 Å². The highest BCUT2D eigenvalue weighted by Gasteiger charge is 2.45. The molecule has 4 aliphatic heterocycles. The number of nitrogens with one attached hydrogen (secondary N) is 1. The minimum Gasteiger partial charge on any atom is -0.454 e. The lowest BCUT2D eigenvalue weighted by Crippen LogP contribution is -2.52. The van der Waals surface area contributed by atoms with Gasteiger partial charge in [0, 0.05) is 71.3 Å². The number of piperidine rings is 1. The molecule has 1 N–H and O–H groups in total. The molecule has 4 aliphatic rings. The summed E-state index contributed by atoms with van der Waals surface area (Å²) in [7, 11) is 0. The number of aromatic nitrogens is 1. The van der Waals surface area contributed by atoms with Crippen LogP contribution in [0.5, 0.6) is 11.5 Å². The number of likely N-dealkylation sites (tertiary alicyclic amines) is 1. The van der Waals surface area contributed by atoms with Gasteiger partial charge < -0.3 is 34.3 Å². The lowest BCUT2D eigenvalue weighted by atomic mass is 9.86. The number of piperazine rings is 1. The van der Waals surface area contributed by atoms with Gasteiger partial charge in [0.05, 0.1) is 5.02 Å². The number of pyridine rings is 1. The molecule has 2 fully saturated rings. The highest BCUT2D eigenvalue weighted by Crippen LogP contribution is 2.36. The molecule has 200 valence electrons. The maximum Gasteiger partial charge on any atom is 0.271 e. The van der Waals surface area contributed by atoms with Gasteiger partial charge in [-0.2, -0.15) is 0 Å². The topological polar surface area (TPSA) is 91.8 Å². The molecule has 0 aliphatic carbocycles. The van der Waals surface area contributed by atoms with Crippen LogP contribution in [0.2, 0.25) is 5.02 Å². The summed E-state index contributed by atoms with van der Waals surface area (Å²) in [6.07, 6.45) is 3.77. The third-order valence-electron chi connectivity index (χ3n) is 7.53. The van der Waals surface area contributed by atoms with Crippen LogP contribution in [0.25, 0.3) is 0 Å². The normalized spacial score (nSPS) is 19.8. The molecule has 0 bridgehead atoms. The number of carbonyl (C=O) groups is 1. The fourth-order valence-electron chi connectivity index (χ4n) is 5.28. The van der Waals surface area contributed by atoms with Crippen molar-refractivity contribution in [2.75, 3.05) is 51.0 Å². The van der Waals surface area contributed by atoms with Gasteiger partial charge in [-0.05, 0) is 42.0 Å². The summed E-state index contributed by atoms with van der Waals surface area (Å²) < 4.78 is 10.8. The van der Waals surface area contributed by atoms with Gasteiger partial charge in [-0.3, -0.25) is 4.79 Å². The summed E-state index contributed by atoms with van der Waals surface area (Å²) in [6, 6.07) is 9.54. The molecule has 5 heterocycles. The number of anilines is 1. The molecule has 12 heteroatoms. The van der Waals surface area contributed by atoms with E-state index in [0.717, 1.165) is 48.8 Å². The van der Waals surface area contributed by atoms with Crippen molar-refractivity contribution in [3.63, 3.8) is 0 Å². The molecule has 0 unspecified atom stereocenters. The second kappa shape index (κ2) is 10.5. The van der Waals surface area contributed by atoms with Crippen molar-refractivity contribution in [2.45, 2.75) is 31.4 Å². The molecule has 1 spiro atoms. The first-order valence-corrected chi connectivity index (χ1v) is 13.6. The lowest BCUT2D eigenvalue weighted by Gasteiger charge is -2.38. The largest absolute Gasteiger partial charge is 0.454 e. The number of fused-ring (bicyclic) bond motifs is 1. The molecule has 38 heavy (non-hydrogen) atoms. The van der Waals surface area contributed by atoms with E-state index >= 15 is 0 Å². The molecule has 1 aromatic carbocycles. The third kappa shape index (κ3) is 5.04. The smallest absolute Gasteiger partial charge is 0.271 e. The van der Waals surface area contributed by atoms with Crippen molar-refractivity contribution >= 4 is 46.4 Å². The minimum absolute atomic E-state index is 0.0445. The van der Waals surface area contributed by atoms with Gasteiger partial charge in [-0.25, -0.2) is 4.98 Å². The van der Waals surface area contributed by atoms with Gasteiger partial charge in [0.25, 0.3) is 5.91 Å². The average molecular weight is 557 g/mol. The Kier molecular flexibility index (Phi) is 6.87. The van der Waals surface area contributed by atoms with E-state index in [1.165, 1.54) is 0 Å². The molecule has 0 atom stereocenters. The first kappa shape index (κ1) is 25.0. The molecule has 0 radical (unpaired) electrons. The second-order valence-corrected chi connectivity index (χ2v) is 10.7. The van der Waals surface area contributed by atoms with Gasteiger partial charge in [0.15, 0.2) is 16.6 Å². The van der Waals surface area contributed by atoms with Crippen molar-refractivity contribution < 1.29 is 19.1 Å². The van der Waals surface area contributed by atoms with Crippen LogP contribution in [-0.4, -0.2) is 83.2 Å². The Labute approximate surface area is 231 Å². The van der Waals surface area contributed by atoms with Crippen LogP contribution < -0.4 is 19.7 Å². The van der Waals surface area contributed by atoms with Crippen LogP contribution in [-0.2, 0) is 16.2 Å². The quantitative estimate of drug-likeness (QED) is 0.571. The van der Waals surface area contributed by atoms with E-state index in [1.807, 2.05) is 35.2 Å². The number of hydrogen-bond donors (Lipinski definition) is 1. The Morgan fingerprint density at radius 1 is 1.05 bits per heavy atom. The zero-order valence-corrected chi connectivity index (χ0v) is 22.5. The average Bonchev–Trinajstić information content (AvgIpc) is 3.59. The van der Waals surface area contributed by atoms with Crippen LogP contribution in [0.1, 0.15) is 24.8 Å². The molecular weight excluding hydrogens is 528 g/mol. The number of halogens is 1. The van der Waals surface area contributed by atoms with Crippen molar-refractivity contribution in [2.24, 2.45) is 5.16 Å². The van der Waals surface area contributed by atoms with Crippen molar-refractivity contribution in [3.8, 4) is 11.5 Å². The number of oxime groups is 1. The van der Waals surface area contributed by atoms with E-state index < -0.39 is 5.60 Å². The molecular formula is C26H29ClN6O4S. The molecule has 1 amide bonds. The number of hydrogen-bond acceptors (Lipinski definition) is 8. The van der Waals surface area contributed by atoms with Crippen molar-refractivity contribution in [1.82, 2.24) is 20.1 Å². The van der Waals surface area contributed by atoms with Crippen molar-refractivity contribution in [1.29, 1.82) is 0 Å². The first-order chi connectivity index (χ1) is 18.5. The van der Waals surface area contributed by atoms with Gasteiger partial charge in [-0.15, -0.1) is 0 Å².